The molecule has 4 heteroatoms. The smallest absolute Gasteiger partial charge is 0.236 e. The van der Waals surface area contributed by atoms with Crippen LogP contribution in [0.25, 0.3) is 0 Å². The molecule has 0 spiro atoms. The zero-order chi connectivity index (χ0) is 14.4. The number of nitrogens with one attached hydrogen (secondary N) is 2. The molecule has 1 heterocycles. The largest absolute Gasteiger partial charge is 0.355 e. The second-order valence-electron chi connectivity index (χ2n) is 6.41. The molecule has 3 atom stereocenters. The summed E-state index contributed by atoms with van der Waals surface area (Å²) in [5, 5.41) is 6.48. The Hall–Kier alpha value is -0.610. The lowest BCUT2D eigenvalue weighted by molar-refractivity contribution is -0.123. The van der Waals surface area contributed by atoms with Crippen molar-refractivity contribution in [3.05, 3.63) is 0 Å². The third kappa shape index (κ3) is 5.91. The molecule has 1 amide bonds. The van der Waals surface area contributed by atoms with Crippen molar-refractivity contribution in [1.29, 1.82) is 0 Å². The number of piperidine rings is 1. The molecule has 0 radical (unpaired) electrons. The number of amides is 1. The van der Waals surface area contributed by atoms with Crippen LogP contribution in [0.4, 0.5) is 0 Å². The van der Waals surface area contributed by atoms with E-state index in [9.17, 15) is 4.79 Å². The van der Waals surface area contributed by atoms with Crippen LogP contribution in [-0.4, -0.2) is 49.1 Å². The minimum absolute atomic E-state index is 0.0900. The van der Waals surface area contributed by atoms with Crippen LogP contribution in [0.3, 0.4) is 0 Å². The summed E-state index contributed by atoms with van der Waals surface area (Å²) in [5.74, 6) is 0.769. The van der Waals surface area contributed by atoms with Crippen LogP contribution >= 0.6 is 0 Å². The van der Waals surface area contributed by atoms with Gasteiger partial charge in [0.25, 0.3) is 0 Å². The van der Waals surface area contributed by atoms with Crippen LogP contribution in [0.15, 0.2) is 0 Å². The van der Waals surface area contributed by atoms with Crippen molar-refractivity contribution in [3.63, 3.8) is 0 Å². The SMILES string of the molecule is CC(C)CCNC(=O)C(C)NC1CCN(C)C(C)C1. The van der Waals surface area contributed by atoms with Gasteiger partial charge in [0.1, 0.15) is 0 Å². The molecule has 0 aliphatic carbocycles. The summed E-state index contributed by atoms with van der Waals surface area (Å²) < 4.78 is 0. The maximum atomic E-state index is 12.0. The molecular weight excluding hydrogens is 238 g/mol. The molecule has 0 aromatic rings. The Morgan fingerprint density at radius 1 is 1.37 bits per heavy atom. The maximum absolute atomic E-state index is 12.0. The van der Waals surface area contributed by atoms with Gasteiger partial charge in [-0.05, 0) is 52.6 Å². The molecule has 112 valence electrons. The molecule has 4 nitrogen and oxygen atoms in total. The van der Waals surface area contributed by atoms with Crippen LogP contribution in [0.1, 0.15) is 47.0 Å². The molecule has 1 fully saturated rings. The van der Waals surface area contributed by atoms with Gasteiger partial charge < -0.3 is 15.5 Å². The number of carbonyl (C=O) groups excluding carboxylic acids is 1. The lowest BCUT2D eigenvalue weighted by atomic mass is 9.98. The molecule has 0 saturated carbocycles. The predicted molar refractivity (Wildman–Crippen MR) is 80.2 cm³/mol. The van der Waals surface area contributed by atoms with Gasteiger partial charge >= 0.3 is 0 Å². The summed E-state index contributed by atoms with van der Waals surface area (Å²) in [6, 6.07) is 0.979. The Morgan fingerprint density at radius 3 is 2.63 bits per heavy atom. The zero-order valence-corrected chi connectivity index (χ0v) is 13.2. The van der Waals surface area contributed by atoms with Gasteiger partial charge in [-0.15, -0.1) is 0 Å². The van der Waals surface area contributed by atoms with Crippen molar-refractivity contribution < 1.29 is 4.79 Å². The van der Waals surface area contributed by atoms with Gasteiger partial charge in [-0.25, -0.2) is 0 Å². The van der Waals surface area contributed by atoms with Crippen molar-refractivity contribution in [2.75, 3.05) is 20.1 Å². The summed E-state index contributed by atoms with van der Waals surface area (Å²) in [6.07, 6.45) is 3.30. The first-order valence-corrected chi connectivity index (χ1v) is 7.64. The van der Waals surface area contributed by atoms with Crippen LogP contribution in [0.2, 0.25) is 0 Å². The van der Waals surface area contributed by atoms with Crippen molar-refractivity contribution >= 4 is 5.91 Å². The Morgan fingerprint density at radius 2 is 2.05 bits per heavy atom. The van der Waals surface area contributed by atoms with Gasteiger partial charge in [0.05, 0.1) is 6.04 Å². The van der Waals surface area contributed by atoms with Crippen molar-refractivity contribution in [2.45, 2.75) is 65.1 Å². The van der Waals surface area contributed by atoms with Gasteiger partial charge in [0.2, 0.25) is 5.91 Å². The number of nitrogens with zero attached hydrogens (tertiary/aromatic N) is 1. The minimum Gasteiger partial charge on any atom is -0.355 e. The molecule has 3 unspecified atom stereocenters. The van der Waals surface area contributed by atoms with E-state index in [2.05, 4.69) is 43.4 Å². The van der Waals surface area contributed by atoms with Crippen LogP contribution in [0.5, 0.6) is 0 Å². The molecule has 1 aliphatic rings. The van der Waals surface area contributed by atoms with Gasteiger partial charge in [-0.1, -0.05) is 13.8 Å². The lowest BCUT2D eigenvalue weighted by Crippen LogP contribution is -2.52. The first kappa shape index (κ1) is 16.4. The fraction of sp³-hybridized carbons (Fsp3) is 0.933. The number of carbonyl (C=O) groups is 1. The quantitative estimate of drug-likeness (QED) is 0.770. The number of hydrogen-bond acceptors (Lipinski definition) is 3. The van der Waals surface area contributed by atoms with Crippen LogP contribution in [-0.2, 0) is 4.79 Å². The highest BCUT2D eigenvalue weighted by molar-refractivity contribution is 5.81. The van der Waals surface area contributed by atoms with E-state index < -0.39 is 0 Å². The van der Waals surface area contributed by atoms with Gasteiger partial charge in [-0.3, -0.25) is 4.79 Å². The van der Waals surface area contributed by atoms with E-state index in [1.54, 1.807) is 0 Å². The molecule has 1 saturated heterocycles. The summed E-state index contributed by atoms with van der Waals surface area (Å²) in [6.45, 7) is 10.5. The molecule has 19 heavy (non-hydrogen) atoms. The second-order valence-corrected chi connectivity index (χ2v) is 6.41. The number of hydrogen-bond donors (Lipinski definition) is 2. The average molecular weight is 269 g/mol. The van der Waals surface area contributed by atoms with Crippen molar-refractivity contribution in [3.8, 4) is 0 Å². The Kier molecular flexibility index (Phi) is 6.80. The fourth-order valence-corrected chi connectivity index (χ4v) is 2.51. The molecule has 0 bridgehead atoms. The molecule has 1 rings (SSSR count). The minimum atomic E-state index is -0.0900. The lowest BCUT2D eigenvalue weighted by Gasteiger charge is -2.36. The third-order valence-corrected chi connectivity index (χ3v) is 4.11. The maximum Gasteiger partial charge on any atom is 0.236 e. The molecule has 0 aromatic carbocycles. The first-order valence-electron chi connectivity index (χ1n) is 7.64. The van der Waals surface area contributed by atoms with E-state index in [1.165, 1.54) is 0 Å². The van der Waals surface area contributed by atoms with Gasteiger partial charge in [0, 0.05) is 18.6 Å². The predicted octanol–water partition coefficient (Wildman–Crippen LogP) is 1.61. The van der Waals surface area contributed by atoms with E-state index >= 15 is 0 Å². The van der Waals surface area contributed by atoms with Gasteiger partial charge in [0.15, 0.2) is 0 Å². The standard InChI is InChI=1S/C15H31N3O/c1-11(2)6-8-16-15(19)13(4)17-14-7-9-18(5)12(3)10-14/h11-14,17H,6-10H2,1-5H3,(H,16,19). The van der Waals surface area contributed by atoms with Gasteiger partial charge in [-0.2, -0.15) is 0 Å². The summed E-state index contributed by atoms with van der Waals surface area (Å²) in [5.41, 5.74) is 0. The molecule has 0 aromatic heterocycles. The van der Waals surface area contributed by atoms with E-state index in [1.807, 2.05) is 6.92 Å². The van der Waals surface area contributed by atoms with E-state index in [4.69, 9.17) is 0 Å². The van der Waals surface area contributed by atoms with Crippen molar-refractivity contribution in [2.24, 2.45) is 5.92 Å². The highest BCUT2D eigenvalue weighted by Gasteiger charge is 2.25. The zero-order valence-electron chi connectivity index (χ0n) is 13.2. The fourth-order valence-electron chi connectivity index (χ4n) is 2.51. The highest BCUT2D eigenvalue weighted by atomic mass is 16.2. The summed E-state index contributed by atoms with van der Waals surface area (Å²) >= 11 is 0. The van der Waals surface area contributed by atoms with Crippen molar-refractivity contribution in [1.82, 2.24) is 15.5 Å². The van der Waals surface area contributed by atoms with E-state index in [0.29, 0.717) is 18.0 Å². The molecule has 2 N–H and O–H groups in total. The Balaban J connectivity index is 2.26. The molecule has 1 aliphatic heterocycles. The molecular formula is C15H31N3O. The normalized spacial score (nSPS) is 26.4. The van der Waals surface area contributed by atoms with Crippen LogP contribution in [0, 0.1) is 5.92 Å². The summed E-state index contributed by atoms with van der Waals surface area (Å²) in [7, 11) is 2.17. The van der Waals surface area contributed by atoms with E-state index in [0.717, 1.165) is 32.4 Å². The Bertz CT molecular complexity index is 281. The first-order chi connectivity index (χ1) is 8.90. The van der Waals surface area contributed by atoms with Crippen LogP contribution < -0.4 is 10.6 Å². The second kappa shape index (κ2) is 7.85. The monoisotopic (exact) mass is 269 g/mol. The topological polar surface area (TPSA) is 44.4 Å². The number of likely N-dealkylation sites (tertiary alicyclic amines) is 1. The average Bonchev–Trinajstić information content (AvgIpc) is 2.33. The third-order valence-electron chi connectivity index (χ3n) is 4.11. The number of rotatable bonds is 6. The highest BCUT2D eigenvalue weighted by Crippen LogP contribution is 2.15. The van der Waals surface area contributed by atoms with E-state index in [-0.39, 0.29) is 11.9 Å². The summed E-state index contributed by atoms with van der Waals surface area (Å²) in [4.78, 5) is 14.3. The Labute approximate surface area is 118 Å².